The lowest BCUT2D eigenvalue weighted by Crippen LogP contribution is -2.04. The van der Waals surface area contributed by atoms with E-state index in [-0.39, 0.29) is 0 Å². The van der Waals surface area contributed by atoms with Gasteiger partial charge in [0.05, 0.1) is 13.2 Å². The smallest absolute Gasteiger partial charge is 0.340 e. The third-order valence-corrected chi connectivity index (χ3v) is 3.16. The first-order valence-electron chi connectivity index (χ1n) is 7.45. The van der Waals surface area contributed by atoms with Crippen LogP contribution in [0.15, 0.2) is 48.5 Å². The van der Waals surface area contributed by atoms with Gasteiger partial charge in [-0.1, -0.05) is 24.3 Å². The minimum atomic E-state index is 0.483. The second-order valence-corrected chi connectivity index (χ2v) is 4.80. The number of benzene rings is 2. The first-order valence-corrected chi connectivity index (χ1v) is 7.45. The predicted octanol–water partition coefficient (Wildman–Crippen LogP) is 4.28. The minimum absolute atomic E-state index is 0.483. The highest BCUT2D eigenvalue weighted by atomic mass is 16.5. The number of nitrogens with zero attached hydrogens (tertiary/aromatic N) is 2. The summed E-state index contributed by atoms with van der Waals surface area (Å²) >= 11 is 0. The summed E-state index contributed by atoms with van der Waals surface area (Å²) in [4.78, 5) is 0. The van der Waals surface area contributed by atoms with Gasteiger partial charge in [-0.15, -0.1) is 0 Å². The van der Waals surface area contributed by atoms with E-state index in [0.29, 0.717) is 35.8 Å². The average molecular weight is 324 g/mol. The Bertz CT molecular complexity index is 717. The second-order valence-electron chi connectivity index (χ2n) is 4.80. The number of ether oxygens (including phenoxy) is 2. The molecule has 0 bridgehead atoms. The van der Waals surface area contributed by atoms with Gasteiger partial charge >= 0.3 is 12.1 Å². The van der Waals surface area contributed by atoms with Crippen LogP contribution in [-0.4, -0.2) is 13.2 Å². The molecule has 6 nitrogen and oxygen atoms in total. The lowest BCUT2D eigenvalue weighted by atomic mass is 10.2. The van der Waals surface area contributed by atoms with Crippen LogP contribution in [-0.2, 0) is 0 Å². The molecule has 0 aromatic heterocycles. The van der Waals surface area contributed by atoms with E-state index in [1.165, 1.54) is 0 Å². The van der Waals surface area contributed by atoms with Crippen LogP contribution >= 0.6 is 0 Å². The first-order chi connectivity index (χ1) is 11.8. The Kier molecular flexibility index (Phi) is 6.79. The van der Waals surface area contributed by atoms with Crippen LogP contribution in [0.2, 0.25) is 0 Å². The topological polar surface area (TPSA) is 73.3 Å². The van der Waals surface area contributed by atoms with Gasteiger partial charge < -0.3 is 19.9 Å². The molecule has 2 rings (SSSR count). The lowest BCUT2D eigenvalue weighted by molar-refractivity contribution is 0.266. The summed E-state index contributed by atoms with van der Waals surface area (Å²) in [5.74, 6) is 1.15. The highest BCUT2D eigenvalue weighted by Gasteiger charge is 2.06. The second kappa shape index (κ2) is 9.60. The molecule has 24 heavy (non-hydrogen) atoms. The molecule has 0 amide bonds. The maximum absolute atomic E-state index is 10.3. The SMILES string of the molecule is [O-][N+]#Cc1ccccc1OCCCCOc1ccccc1C#[N+][O-]. The summed E-state index contributed by atoms with van der Waals surface area (Å²) in [7, 11) is 0. The number of hydrogen-bond acceptors (Lipinski definition) is 4. The third kappa shape index (κ3) is 5.11. The van der Waals surface area contributed by atoms with Crippen molar-refractivity contribution in [1.29, 1.82) is 0 Å². The molecule has 2 aromatic carbocycles. The zero-order valence-electron chi connectivity index (χ0n) is 13.0. The van der Waals surface area contributed by atoms with Crippen LogP contribution in [0.3, 0.4) is 0 Å². The van der Waals surface area contributed by atoms with Crippen LogP contribution in [0.5, 0.6) is 11.5 Å². The van der Waals surface area contributed by atoms with Gasteiger partial charge in [0.1, 0.15) is 22.6 Å². The normalized spacial score (nSPS) is 9.17. The van der Waals surface area contributed by atoms with Crippen LogP contribution in [0, 0.1) is 22.6 Å². The van der Waals surface area contributed by atoms with Gasteiger partial charge in [-0.25, -0.2) is 0 Å². The van der Waals surface area contributed by atoms with Gasteiger partial charge in [-0.3, -0.25) is 0 Å². The molecule has 0 aliphatic rings. The van der Waals surface area contributed by atoms with Crippen molar-refractivity contribution in [1.82, 2.24) is 0 Å². The van der Waals surface area contributed by atoms with Crippen molar-refractivity contribution in [3.63, 3.8) is 0 Å². The van der Waals surface area contributed by atoms with Crippen molar-refractivity contribution >= 4 is 0 Å². The third-order valence-electron chi connectivity index (χ3n) is 3.16. The van der Waals surface area contributed by atoms with E-state index < -0.39 is 0 Å². The highest BCUT2D eigenvalue weighted by Crippen LogP contribution is 2.18. The molecule has 0 radical (unpaired) electrons. The molecule has 0 aliphatic carbocycles. The summed E-state index contributed by atoms with van der Waals surface area (Å²) in [6.07, 6.45) is 1.54. The quantitative estimate of drug-likeness (QED) is 0.563. The molecule has 0 saturated carbocycles. The minimum Gasteiger partial charge on any atom is -0.498 e. The number of hydrogen-bond donors (Lipinski definition) is 0. The zero-order valence-corrected chi connectivity index (χ0v) is 13.0. The summed E-state index contributed by atoms with van der Waals surface area (Å²) < 4.78 is 11.2. The molecule has 0 saturated heterocycles. The fourth-order valence-corrected chi connectivity index (χ4v) is 2.04. The Hall–Kier alpha value is -3.38. The zero-order chi connectivity index (χ0) is 17.0. The lowest BCUT2D eigenvalue weighted by Gasteiger charge is -2.08. The average Bonchev–Trinajstić information content (AvgIpc) is 2.61. The summed E-state index contributed by atoms with van der Waals surface area (Å²) in [5, 5.41) is 25.9. The molecule has 0 fully saturated rings. The van der Waals surface area contributed by atoms with Gasteiger partial charge in [-0.2, -0.15) is 0 Å². The van der Waals surface area contributed by atoms with E-state index in [4.69, 9.17) is 9.47 Å². The Morgan fingerprint density at radius 1 is 0.708 bits per heavy atom. The molecule has 2 aromatic rings. The van der Waals surface area contributed by atoms with Crippen LogP contribution in [0.1, 0.15) is 24.0 Å². The van der Waals surface area contributed by atoms with Crippen molar-refractivity contribution in [2.24, 2.45) is 0 Å². The summed E-state index contributed by atoms with van der Waals surface area (Å²) in [5.41, 5.74) is 1.07. The molecular formula is C18H16N2O4. The standard InChI is InChI=1S/C18H16N2O4/c21-19-13-15-7-1-3-9-17(15)23-11-5-6-12-24-18-10-4-2-8-16(18)14-20-22/h1-4,7-10H,5-6,11-12H2. The molecule has 122 valence electrons. The number of rotatable bonds is 7. The van der Waals surface area contributed by atoms with Crippen LogP contribution in [0.4, 0.5) is 0 Å². The maximum Gasteiger partial charge on any atom is 0.340 e. The summed E-state index contributed by atoms with van der Waals surface area (Å²) in [6.45, 7) is 0.966. The van der Waals surface area contributed by atoms with E-state index >= 15 is 0 Å². The van der Waals surface area contributed by atoms with Gasteiger partial charge in [0.15, 0.2) is 0 Å². The van der Waals surface area contributed by atoms with Crippen LogP contribution < -0.4 is 9.47 Å². The molecule has 6 heteroatoms. The molecule has 0 spiro atoms. The molecule has 0 heterocycles. The van der Waals surface area contributed by atoms with Crippen molar-refractivity contribution in [2.75, 3.05) is 13.2 Å². The number of para-hydroxylation sites is 2. The van der Waals surface area contributed by atoms with Gasteiger partial charge in [-0.05, 0) is 37.1 Å². The molecular weight excluding hydrogens is 308 g/mol. The van der Waals surface area contributed by atoms with Gasteiger partial charge in [0.25, 0.3) is 0 Å². The van der Waals surface area contributed by atoms with Crippen LogP contribution in [0.25, 0.3) is 10.0 Å². The molecule has 0 unspecified atom stereocenters. The summed E-state index contributed by atoms with van der Waals surface area (Å²) in [6, 6.07) is 18.9. The predicted molar refractivity (Wildman–Crippen MR) is 92.5 cm³/mol. The van der Waals surface area contributed by atoms with Crippen molar-refractivity contribution in [2.45, 2.75) is 12.8 Å². The van der Waals surface area contributed by atoms with Crippen molar-refractivity contribution in [3.05, 3.63) is 80.1 Å². The monoisotopic (exact) mass is 324 g/mol. The fourth-order valence-electron chi connectivity index (χ4n) is 2.04. The van der Waals surface area contributed by atoms with Gasteiger partial charge in [0, 0.05) is 10.0 Å². The Labute approximate surface area is 140 Å². The van der Waals surface area contributed by atoms with Crippen molar-refractivity contribution < 1.29 is 9.47 Å². The van der Waals surface area contributed by atoms with E-state index in [2.05, 4.69) is 22.2 Å². The molecule has 0 aliphatic heterocycles. The van der Waals surface area contributed by atoms with E-state index in [0.717, 1.165) is 12.8 Å². The van der Waals surface area contributed by atoms with E-state index in [1.54, 1.807) is 36.4 Å². The Morgan fingerprint density at radius 2 is 1.12 bits per heavy atom. The Balaban J connectivity index is 1.74. The number of unbranched alkanes of at least 4 members (excludes halogenated alkanes) is 1. The first kappa shape index (κ1) is 17.0. The molecule has 0 N–H and O–H groups in total. The van der Waals surface area contributed by atoms with Crippen molar-refractivity contribution in [3.8, 4) is 23.6 Å². The largest absolute Gasteiger partial charge is 0.498 e. The fraction of sp³-hybridized carbons (Fsp3) is 0.222. The highest BCUT2D eigenvalue weighted by molar-refractivity contribution is 5.45. The maximum atomic E-state index is 10.3. The Morgan fingerprint density at radius 3 is 1.54 bits per heavy atom. The van der Waals surface area contributed by atoms with E-state index in [9.17, 15) is 10.4 Å². The molecule has 0 atom stereocenters. The van der Waals surface area contributed by atoms with Gasteiger partial charge in [0.2, 0.25) is 0 Å². The van der Waals surface area contributed by atoms with E-state index in [1.807, 2.05) is 12.1 Å².